The van der Waals surface area contributed by atoms with Gasteiger partial charge in [0.15, 0.2) is 5.75 Å². The van der Waals surface area contributed by atoms with Gasteiger partial charge in [0, 0.05) is 6.61 Å². The van der Waals surface area contributed by atoms with E-state index in [1.165, 1.54) is 0 Å². The van der Waals surface area contributed by atoms with Gasteiger partial charge in [0.25, 0.3) is 0 Å². The Balaban J connectivity index is 2.97. The first kappa shape index (κ1) is 10.9. The fourth-order valence-corrected chi connectivity index (χ4v) is 1.18. The van der Waals surface area contributed by atoms with Crippen molar-refractivity contribution >= 4 is 0 Å². The van der Waals surface area contributed by atoms with Crippen molar-refractivity contribution < 1.29 is 9.84 Å². The molecule has 0 fully saturated rings. The summed E-state index contributed by atoms with van der Waals surface area (Å²) in [6.07, 6.45) is 2.06. The Labute approximate surface area is 82.9 Å². The van der Waals surface area contributed by atoms with Gasteiger partial charge in [0.2, 0.25) is 0 Å². The monoisotopic (exact) mass is 197 g/mol. The molecule has 78 valence electrons. The second-order valence-corrected chi connectivity index (χ2v) is 2.99. The SMILES string of the molecule is COc1cnc(C)nc1C(N)CCO. The molecule has 1 rings (SSSR count). The van der Waals surface area contributed by atoms with Crippen molar-refractivity contribution in [1.82, 2.24) is 9.97 Å². The number of nitrogens with zero attached hydrogens (tertiary/aromatic N) is 2. The molecule has 0 aromatic carbocycles. The maximum atomic E-state index is 8.77. The summed E-state index contributed by atoms with van der Waals surface area (Å²) in [6, 6.07) is -0.309. The minimum absolute atomic E-state index is 0.0351. The third kappa shape index (κ3) is 2.40. The molecule has 0 radical (unpaired) electrons. The van der Waals surface area contributed by atoms with E-state index < -0.39 is 0 Å². The van der Waals surface area contributed by atoms with E-state index in [4.69, 9.17) is 15.6 Å². The molecule has 1 aromatic heterocycles. The highest BCUT2D eigenvalue weighted by molar-refractivity contribution is 5.27. The number of aromatic nitrogens is 2. The number of ether oxygens (including phenoxy) is 1. The van der Waals surface area contributed by atoms with E-state index in [0.717, 1.165) is 0 Å². The quantitative estimate of drug-likeness (QED) is 0.719. The normalized spacial score (nSPS) is 12.6. The summed E-state index contributed by atoms with van der Waals surface area (Å²) in [5, 5.41) is 8.77. The highest BCUT2D eigenvalue weighted by atomic mass is 16.5. The lowest BCUT2D eigenvalue weighted by Gasteiger charge is -2.13. The molecule has 3 N–H and O–H groups in total. The number of aliphatic hydroxyl groups is 1. The van der Waals surface area contributed by atoms with Crippen molar-refractivity contribution in [2.75, 3.05) is 13.7 Å². The Morgan fingerprint density at radius 2 is 2.36 bits per heavy atom. The summed E-state index contributed by atoms with van der Waals surface area (Å²) in [6.45, 7) is 1.82. The zero-order valence-electron chi connectivity index (χ0n) is 8.40. The highest BCUT2D eigenvalue weighted by Crippen LogP contribution is 2.22. The average molecular weight is 197 g/mol. The van der Waals surface area contributed by atoms with Crippen LogP contribution in [0.3, 0.4) is 0 Å². The molecule has 5 heteroatoms. The topological polar surface area (TPSA) is 81.3 Å². The number of hydrogen-bond acceptors (Lipinski definition) is 5. The van der Waals surface area contributed by atoms with Crippen molar-refractivity contribution in [3.63, 3.8) is 0 Å². The van der Waals surface area contributed by atoms with Gasteiger partial charge in [-0.1, -0.05) is 0 Å². The molecule has 0 spiro atoms. The van der Waals surface area contributed by atoms with Gasteiger partial charge in [-0.2, -0.15) is 0 Å². The Bertz CT molecular complexity index is 304. The smallest absolute Gasteiger partial charge is 0.160 e. The molecule has 0 aliphatic heterocycles. The summed E-state index contributed by atoms with van der Waals surface area (Å²) in [5.74, 6) is 1.21. The minimum atomic E-state index is -0.309. The van der Waals surface area contributed by atoms with Gasteiger partial charge in [-0.15, -0.1) is 0 Å². The summed E-state index contributed by atoms with van der Waals surface area (Å²) in [5.41, 5.74) is 6.47. The first-order chi connectivity index (χ1) is 6.69. The summed E-state index contributed by atoms with van der Waals surface area (Å²) < 4.78 is 5.08. The summed E-state index contributed by atoms with van der Waals surface area (Å²) in [4.78, 5) is 8.19. The van der Waals surface area contributed by atoms with Crippen LogP contribution in [0.2, 0.25) is 0 Å². The number of rotatable bonds is 4. The van der Waals surface area contributed by atoms with Crippen LogP contribution in [0.15, 0.2) is 6.20 Å². The number of aryl methyl sites for hydroxylation is 1. The van der Waals surface area contributed by atoms with E-state index in [-0.39, 0.29) is 12.6 Å². The van der Waals surface area contributed by atoms with Crippen molar-refractivity contribution in [2.24, 2.45) is 5.73 Å². The zero-order chi connectivity index (χ0) is 10.6. The van der Waals surface area contributed by atoms with Gasteiger partial charge >= 0.3 is 0 Å². The third-order valence-corrected chi connectivity index (χ3v) is 1.91. The molecule has 0 aliphatic carbocycles. The van der Waals surface area contributed by atoms with Crippen LogP contribution in [0, 0.1) is 6.92 Å². The van der Waals surface area contributed by atoms with Crippen LogP contribution in [0.25, 0.3) is 0 Å². The van der Waals surface area contributed by atoms with Crippen molar-refractivity contribution in [2.45, 2.75) is 19.4 Å². The molecule has 0 amide bonds. The fraction of sp³-hybridized carbons (Fsp3) is 0.556. The molecule has 1 unspecified atom stereocenters. The molecule has 1 aromatic rings. The van der Waals surface area contributed by atoms with Crippen LogP contribution in [0.4, 0.5) is 0 Å². The molecular formula is C9H15N3O2. The second-order valence-electron chi connectivity index (χ2n) is 2.99. The standard InChI is InChI=1S/C9H15N3O2/c1-6-11-5-8(14-2)9(12-6)7(10)3-4-13/h5,7,13H,3-4,10H2,1-2H3. The zero-order valence-corrected chi connectivity index (χ0v) is 8.40. The van der Waals surface area contributed by atoms with Gasteiger partial charge in [0.05, 0.1) is 19.3 Å². The Morgan fingerprint density at radius 1 is 1.64 bits per heavy atom. The molecule has 0 bridgehead atoms. The lowest BCUT2D eigenvalue weighted by atomic mass is 10.1. The van der Waals surface area contributed by atoms with Gasteiger partial charge in [-0.3, -0.25) is 0 Å². The van der Waals surface area contributed by atoms with Crippen molar-refractivity contribution in [1.29, 1.82) is 0 Å². The second kappa shape index (κ2) is 4.88. The molecule has 14 heavy (non-hydrogen) atoms. The van der Waals surface area contributed by atoms with Crippen LogP contribution >= 0.6 is 0 Å². The summed E-state index contributed by atoms with van der Waals surface area (Å²) in [7, 11) is 1.54. The van der Waals surface area contributed by atoms with E-state index in [1.54, 1.807) is 20.2 Å². The molecular weight excluding hydrogens is 182 g/mol. The average Bonchev–Trinajstić information content (AvgIpc) is 2.18. The van der Waals surface area contributed by atoms with E-state index in [0.29, 0.717) is 23.7 Å². The predicted octanol–water partition coefficient (Wildman–Crippen LogP) is 0.176. The molecule has 0 saturated carbocycles. The van der Waals surface area contributed by atoms with Crippen molar-refractivity contribution in [3.05, 3.63) is 17.7 Å². The Kier molecular flexibility index (Phi) is 3.79. The van der Waals surface area contributed by atoms with Crippen LogP contribution in [0.1, 0.15) is 24.0 Å². The Morgan fingerprint density at radius 3 is 2.93 bits per heavy atom. The lowest BCUT2D eigenvalue weighted by Crippen LogP contribution is -2.15. The molecule has 0 saturated heterocycles. The van der Waals surface area contributed by atoms with Crippen LogP contribution < -0.4 is 10.5 Å². The van der Waals surface area contributed by atoms with E-state index >= 15 is 0 Å². The van der Waals surface area contributed by atoms with Gasteiger partial charge in [-0.25, -0.2) is 9.97 Å². The van der Waals surface area contributed by atoms with Gasteiger partial charge in [0.1, 0.15) is 11.5 Å². The van der Waals surface area contributed by atoms with Gasteiger partial charge < -0.3 is 15.6 Å². The van der Waals surface area contributed by atoms with E-state index in [9.17, 15) is 0 Å². The van der Waals surface area contributed by atoms with E-state index in [2.05, 4.69) is 9.97 Å². The lowest BCUT2D eigenvalue weighted by molar-refractivity contribution is 0.273. The largest absolute Gasteiger partial charge is 0.493 e. The Hall–Kier alpha value is -1.20. The van der Waals surface area contributed by atoms with Crippen LogP contribution in [0.5, 0.6) is 5.75 Å². The molecule has 1 heterocycles. The maximum Gasteiger partial charge on any atom is 0.160 e. The highest BCUT2D eigenvalue weighted by Gasteiger charge is 2.13. The fourth-order valence-electron chi connectivity index (χ4n) is 1.18. The van der Waals surface area contributed by atoms with Crippen LogP contribution in [-0.4, -0.2) is 28.8 Å². The maximum absolute atomic E-state index is 8.77. The summed E-state index contributed by atoms with van der Waals surface area (Å²) >= 11 is 0. The first-order valence-electron chi connectivity index (χ1n) is 4.43. The number of aliphatic hydroxyl groups excluding tert-OH is 1. The van der Waals surface area contributed by atoms with E-state index in [1.807, 2.05) is 0 Å². The van der Waals surface area contributed by atoms with Crippen molar-refractivity contribution in [3.8, 4) is 5.75 Å². The third-order valence-electron chi connectivity index (χ3n) is 1.91. The number of hydrogen-bond donors (Lipinski definition) is 2. The van der Waals surface area contributed by atoms with Crippen LogP contribution in [-0.2, 0) is 0 Å². The molecule has 0 aliphatic rings. The number of nitrogens with two attached hydrogens (primary N) is 1. The first-order valence-corrected chi connectivity index (χ1v) is 4.43. The molecule has 1 atom stereocenters. The van der Waals surface area contributed by atoms with Gasteiger partial charge in [-0.05, 0) is 13.3 Å². The molecule has 5 nitrogen and oxygen atoms in total. The minimum Gasteiger partial charge on any atom is -0.493 e. The number of methoxy groups -OCH3 is 1. The predicted molar refractivity (Wildman–Crippen MR) is 52.0 cm³/mol.